The molecule has 5 atom stereocenters. The number of fused-ring (bicyclic) bond motifs is 1. The molecule has 0 spiro atoms. The van der Waals surface area contributed by atoms with Gasteiger partial charge in [0.2, 0.25) is 0 Å². The maximum Gasteiger partial charge on any atom is 0.430 e. The lowest BCUT2D eigenvalue weighted by atomic mass is 9.90. The first-order valence-corrected chi connectivity index (χ1v) is 12.3. The highest BCUT2D eigenvalue weighted by molar-refractivity contribution is 5.69. The zero-order chi connectivity index (χ0) is 31.8. The van der Waals surface area contributed by atoms with Gasteiger partial charge < -0.3 is 33.7 Å². The fourth-order valence-corrected chi connectivity index (χ4v) is 4.86. The Balaban J connectivity index is 2.11. The summed E-state index contributed by atoms with van der Waals surface area (Å²) in [6.45, 7) is 3.46. The Morgan fingerprint density at radius 1 is 0.857 bits per heavy atom. The van der Waals surface area contributed by atoms with Crippen LogP contribution in [0.15, 0.2) is 18.2 Å². The second-order valence-electron chi connectivity index (χ2n) is 9.58. The fourth-order valence-electron chi connectivity index (χ4n) is 4.86. The number of benzene rings is 1. The van der Waals surface area contributed by atoms with Crippen LogP contribution in [0.4, 0.5) is 32.0 Å². The van der Waals surface area contributed by atoms with Crippen molar-refractivity contribution in [2.75, 3.05) is 18.1 Å². The second-order valence-corrected chi connectivity index (χ2v) is 9.58. The molecule has 2 heterocycles. The van der Waals surface area contributed by atoms with E-state index in [4.69, 9.17) is 23.7 Å². The number of anilines is 1. The third-order valence-electron chi connectivity index (χ3n) is 6.52. The van der Waals surface area contributed by atoms with E-state index in [1.165, 1.54) is 4.90 Å². The van der Waals surface area contributed by atoms with Crippen molar-refractivity contribution in [1.29, 1.82) is 0 Å². The van der Waals surface area contributed by atoms with Gasteiger partial charge in [0.05, 0.1) is 0 Å². The van der Waals surface area contributed by atoms with E-state index < -0.39 is 84.6 Å². The Morgan fingerprint density at radius 3 is 1.88 bits per heavy atom. The van der Waals surface area contributed by atoms with Crippen molar-refractivity contribution < 1.29 is 74.3 Å². The van der Waals surface area contributed by atoms with Crippen molar-refractivity contribution in [3.63, 3.8) is 0 Å². The number of ether oxygens (including phenoxy) is 5. The van der Waals surface area contributed by atoms with Gasteiger partial charge in [0.1, 0.15) is 12.7 Å². The minimum atomic E-state index is -6.10. The zero-order valence-electron chi connectivity index (χ0n) is 22.6. The molecule has 11 nitrogen and oxygen atoms in total. The Labute approximate surface area is 234 Å². The molecule has 0 bridgehead atoms. The van der Waals surface area contributed by atoms with Crippen molar-refractivity contribution in [1.82, 2.24) is 0 Å². The molecule has 17 heteroatoms. The lowest BCUT2D eigenvalue weighted by Crippen LogP contribution is -2.66. The van der Waals surface area contributed by atoms with Crippen LogP contribution in [0.2, 0.25) is 0 Å². The van der Waals surface area contributed by atoms with Crippen molar-refractivity contribution in [2.45, 2.75) is 82.7 Å². The molecule has 1 fully saturated rings. The first-order valence-electron chi connectivity index (χ1n) is 12.3. The summed E-state index contributed by atoms with van der Waals surface area (Å²) in [6, 6.07) is 1.90. The molecule has 0 amide bonds. The average Bonchev–Trinajstić information content (AvgIpc) is 3.25. The van der Waals surface area contributed by atoms with Gasteiger partial charge in [-0.05, 0) is 18.1 Å². The van der Waals surface area contributed by atoms with Crippen LogP contribution in [0.5, 0.6) is 0 Å². The average molecular weight is 615 g/mol. The van der Waals surface area contributed by atoms with Gasteiger partial charge in [-0.3, -0.25) is 19.2 Å². The topological polar surface area (TPSA) is 138 Å². The number of rotatable bonds is 7. The van der Waals surface area contributed by atoms with Gasteiger partial charge in [-0.15, -0.1) is 0 Å². The fraction of sp³-hybridized carbons (Fsp3) is 0.600. The highest BCUT2D eigenvalue weighted by Gasteiger charge is 2.71. The van der Waals surface area contributed by atoms with E-state index in [2.05, 4.69) is 0 Å². The minimum absolute atomic E-state index is 0.0475. The van der Waals surface area contributed by atoms with Gasteiger partial charge in [0.15, 0.2) is 24.5 Å². The van der Waals surface area contributed by atoms with Gasteiger partial charge in [-0.25, -0.2) is 0 Å². The van der Waals surface area contributed by atoms with Crippen molar-refractivity contribution in [3.05, 3.63) is 29.3 Å². The van der Waals surface area contributed by atoms with Crippen molar-refractivity contribution in [2.24, 2.45) is 0 Å². The molecule has 1 N–H and O–H groups in total. The van der Waals surface area contributed by atoms with Crippen LogP contribution < -0.4 is 4.90 Å². The molecule has 0 aliphatic carbocycles. The summed E-state index contributed by atoms with van der Waals surface area (Å²) >= 11 is 0. The van der Waals surface area contributed by atoms with Crippen LogP contribution in [0.1, 0.15) is 38.8 Å². The van der Waals surface area contributed by atoms with Gasteiger partial charge in [0.25, 0.3) is 5.60 Å². The summed E-state index contributed by atoms with van der Waals surface area (Å²) in [5, 5.41) is 9.82. The van der Waals surface area contributed by atoms with Crippen LogP contribution in [0.3, 0.4) is 0 Å². The summed E-state index contributed by atoms with van der Waals surface area (Å²) in [6.07, 6.45) is -19.7. The Hall–Kier alpha value is -3.60. The first kappa shape index (κ1) is 32.9. The smallest absolute Gasteiger partial charge is 0.430 e. The quantitative estimate of drug-likeness (QED) is 0.275. The van der Waals surface area contributed by atoms with Gasteiger partial charge in [0, 0.05) is 45.5 Å². The summed E-state index contributed by atoms with van der Waals surface area (Å²) in [4.78, 5) is 48.8. The van der Waals surface area contributed by atoms with E-state index in [1.54, 1.807) is 0 Å². The number of esters is 4. The predicted molar refractivity (Wildman–Crippen MR) is 125 cm³/mol. The molecule has 0 aromatic heterocycles. The van der Waals surface area contributed by atoms with Gasteiger partial charge in [-0.1, -0.05) is 12.1 Å². The molecule has 2 aliphatic heterocycles. The normalized spacial score (nSPS) is 24.5. The zero-order valence-corrected chi connectivity index (χ0v) is 22.6. The SMILES string of the molecule is CC(=O)OC[C@@H]1O[C@H](N2CCc3cc(C(O)(C(F)(F)F)C(F)(F)F)ccc32)[C@H](OC(C)=O)[C@H](OC(C)=O)[C@@H]1OC(C)=O. The Morgan fingerprint density at radius 2 is 1.38 bits per heavy atom. The van der Waals surface area contributed by atoms with Gasteiger partial charge in [-0.2, -0.15) is 26.3 Å². The second kappa shape index (κ2) is 11.9. The van der Waals surface area contributed by atoms with Crippen molar-refractivity contribution >= 4 is 29.6 Å². The largest absolute Gasteiger partial charge is 0.463 e. The predicted octanol–water partition coefficient (Wildman–Crippen LogP) is 2.44. The lowest BCUT2D eigenvalue weighted by molar-refractivity contribution is -0.376. The van der Waals surface area contributed by atoms with Crippen LogP contribution in [0, 0.1) is 0 Å². The molecular formula is C25H27F6NO10. The summed E-state index contributed by atoms with van der Waals surface area (Å²) in [5.74, 6) is -3.43. The molecule has 0 unspecified atom stereocenters. The number of carbonyl (C=O) groups excluding carboxylic acids is 4. The molecule has 0 saturated carbocycles. The Kier molecular flexibility index (Phi) is 9.36. The first-order chi connectivity index (χ1) is 19.3. The molecule has 42 heavy (non-hydrogen) atoms. The van der Waals surface area contributed by atoms with E-state index in [1.807, 2.05) is 0 Å². The number of alkyl halides is 6. The summed E-state index contributed by atoms with van der Waals surface area (Å²) in [7, 11) is 0. The number of aliphatic hydroxyl groups is 1. The van der Waals surface area contributed by atoms with E-state index in [0.717, 1.165) is 33.8 Å². The van der Waals surface area contributed by atoms with Crippen molar-refractivity contribution in [3.8, 4) is 0 Å². The number of nitrogens with zero attached hydrogens (tertiary/aromatic N) is 1. The molecule has 0 radical (unpaired) electrons. The van der Waals surface area contributed by atoms with Crippen LogP contribution in [-0.4, -0.2) is 85.1 Å². The number of hydrogen-bond donors (Lipinski definition) is 1. The van der Waals surface area contributed by atoms with Crippen LogP contribution >= 0.6 is 0 Å². The van der Waals surface area contributed by atoms with Crippen LogP contribution in [0.25, 0.3) is 0 Å². The van der Waals surface area contributed by atoms with E-state index in [0.29, 0.717) is 12.1 Å². The number of carbonyl (C=O) groups is 4. The van der Waals surface area contributed by atoms with E-state index in [-0.39, 0.29) is 24.2 Å². The van der Waals surface area contributed by atoms with Gasteiger partial charge >= 0.3 is 36.2 Å². The highest BCUT2D eigenvalue weighted by Crippen LogP contribution is 2.51. The Bertz CT molecular complexity index is 1210. The molecule has 3 rings (SSSR count). The summed E-state index contributed by atoms with van der Waals surface area (Å²) in [5.41, 5.74) is -6.63. The molecule has 1 saturated heterocycles. The molecular weight excluding hydrogens is 588 g/mol. The monoisotopic (exact) mass is 615 g/mol. The minimum Gasteiger partial charge on any atom is -0.463 e. The number of hydrogen-bond acceptors (Lipinski definition) is 11. The molecule has 1 aromatic rings. The maximum absolute atomic E-state index is 13.5. The van der Waals surface area contributed by atoms with Crippen LogP contribution in [-0.2, 0) is 54.9 Å². The third kappa shape index (κ3) is 6.56. The summed E-state index contributed by atoms with van der Waals surface area (Å²) < 4.78 is 108. The highest BCUT2D eigenvalue weighted by atomic mass is 19.4. The molecule has 1 aromatic carbocycles. The standard InChI is InChI=1S/C25H27F6NO10/c1-11(33)38-10-18-19(39-12(2)34)20(40-13(3)35)21(41-14(4)36)22(42-18)32-8-7-15-9-16(5-6-17(15)32)23(37,24(26,27)28)25(29,30)31/h5-6,9,18-22,37H,7-8,10H2,1-4H3/t18-,19+,20+,21+,22-/m0/s1. The van der Waals surface area contributed by atoms with E-state index in [9.17, 15) is 50.6 Å². The third-order valence-corrected chi connectivity index (χ3v) is 6.52. The number of halogens is 6. The maximum atomic E-state index is 13.5. The molecule has 234 valence electrons. The van der Waals surface area contributed by atoms with E-state index >= 15 is 0 Å². The lowest BCUT2D eigenvalue weighted by Gasteiger charge is -2.47. The molecule has 2 aliphatic rings.